The molecule has 1 N–H and O–H groups in total. The Morgan fingerprint density at radius 2 is 1.52 bits per heavy atom. The van der Waals surface area contributed by atoms with Crippen molar-refractivity contribution in [3.63, 3.8) is 0 Å². The van der Waals surface area contributed by atoms with Crippen molar-refractivity contribution in [2.24, 2.45) is 9.98 Å². The smallest absolute Gasteiger partial charge is 0.183 e. The Kier molecular flexibility index (Phi) is 3.17. The van der Waals surface area contributed by atoms with Crippen LogP contribution in [0.3, 0.4) is 0 Å². The van der Waals surface area contributed by atoms with E-state index in [9.17, 15) is 0 Å². The maximum atomic E-state index is 4.56. The minimum atomic E-state index is 0.535. The summed E-state index contributed by atoms with van der Waals surface area (Å²) in [5, 5.41) is 0. The van der Waals surface area contributed by atoms with Gasteiger partial charge in [0.15, 0.2) is 11.7 Å². The van der Waals surface area contributed by atoms with Crippen LogP contribution in [0.25, 0.3) is 11.0 Å². The predicted molar refractivity (Wildman–Crippen MR) is 95.4 cm³/mol. The molecule has 0 unspecified atom stereocenters. The maximum absolute atomic E-state index is 4.56. The van der Waals surface area contributed by atoms with E-state index in [4.69, 9.17) is 0 Å². The Hall–Kier alpha value is -1.50. The minimum Gasteiger partial charge on any atom is -0.331 e. The second-order valence-electron chi connectivity index (χ2n) is 4.13. The molecule has 3 aromatic rings. The number of aromatic amines is 1. The largest absolute Gasteiger partial charge is 0.331 e. The number of fused-ring (bicyclic) bond motifs is 2. The van der Waals surface area contributed by atoms with Gasteiger partial charge in [0.25, 0.3) is 0 Å². The number of rotatable bonds is 1. The molecule has 0 spiro atoms. The standard InChI is InChI=1S/C12H5I2N7/c13-9-5-7(17-3-1-15-5)11(19-9)21-12-8-6(10(14)20-12)16-2-4-18-8/h1-4,19H/b21-12-. The molecule has 0 fully saturated rings. The average Bonchev–Trinajstić information content (AvgIpc) is 3.00. The third-order valence-electron chi connectivity index (χ3n) is 2.89. The third-order valence-corrected chi connectivity index (χ3v) is 4.42. The number of nitrogens with one attached hydrogen (secondary N) is 1. The number of amidine groups is 1. The van der Waals surface area contributed by atoms with Crippen molar-refractivity contribution in [2.75, 3.05) is 0 Å². The highest BCUT2D eigenvalue weighted by Gasteiger charge is 2.23. The Morgan fingerprint density at radius 3 is 2.33 bits per heavy atom. The summed E-state index contributed by atoms with van der Waals surface area (Å²) in [5.74, 6) is 1.16. The van der Waals surface area contributed by atoms with Crippen molar-refractivity contribution >= 4 is 71.6 Å². The van der Waals surface area contributed by atoms with Crippen molar-refractivity contribution in [1.29, 1.82) is 0 Å². The van der Waals surface area contributed by atoms with Crippen LogP contribution in [-0.4, -0.2) is 34.5 Å². The minimum absolute atomic E-state index is 0.535. The van der Waals surface area contributed by atoms with Gasteiger partial charge in [-0.05, 0) is 45.2 Å². The van der Waals surface area contributed by atoms with Crippen molar-refractivity contribution in [3.8, 4) is 0 Å². The number of hydrogen-bond acceptors (Lipinski definition) is 5. The molecule has 1 aliphatic rings. The monoisotopic (exact) mass is 501 g/mol. The molecule has 0 bridgehead atoms. The fourth-order valence-corrected chi connectivity index (χ4v) is 3.28. The second kappa shape index (κ2) is 5.05. The van der Waals surface area contributed by atoms with Crippen LogP contribution in [-0.2, 0) is 0 Å². The summed E-state index contributed by atoms with van der Waals surface area (Å²) in [6.45, 7) is 0. The van der Waals surface area contributed by atoms with Crippen LogP contribution in [0.4, 0.5) is 5.82 Å². The van der Waals surface area contributed by atoms with Crippen LogP contribution in [0, 0.1) is 3.70 Å². The summed E-state index contributed by atoms with van der Waals surface area (Å²) < 4.78 is 1.68. The summed E-state index contributed by atoms with van der Waals surface area (Å²) in [7, 11) is 0. The van der Waals surface area contributed by atoms with Crippen LogP contribution in [0.15, 0.2) is 34.8 Å². The number of halogens is 2. The average molecular weight is 501 g/mol. The number of aromatic nitrogens is 5. The molecule has 0 saturated carbocycles. The number of aliphatic imine (C=N–C) groups is 2. The predicted octanol–water partition coefficient (Wildman–Crippen LogP) is 2.63. The zero-order valence-electron chi connectivity index (χ0n) is 10.2. The van der Waals surface area contributed by atoms with Gasteiger partial charge in [0.1, 0.15) is 29.8 Å². The van der Waals surface area contributed by atoms with E-state index in [1.807, 2.05) is 0 Å². The Morgan fingerprint density at radius 1 is 0.857 bits per heavy atom. The molecule has 3 aromatic heterocycles. The Labute approximate surface area is 145 Å². The quantitative estimate of drug-likeness (QED) is 0.520. The Bertz CT molecular complexity index is 928. The highest BCUT2D eigenvalue weighted by Crippen LogP contribution is 2.28. The zero-order chi connectivity index (χ0) is 14.4. The van der Waals surface area contributed by atoms with Gasteiger partial charge in [-0.2, -0.15) is 0 Å². The van der Waals surface area contributed by atoms with Gasteiger partial charge in [-0.1, -0.05) is 0 Å². The molecule has 9 heteroatoms. The van der Waals surface area contributed by atoms with Crippen LogP contribution >= 0.6 is 45.2 Å². The van der Waals surface area contributed by atoms with Crippen molar-refractivity contribution < 1.29 is 0 Å². The SMILES string of the molecule is IC1=N/C(=N\c2[nH]c(I)c3nccnc23)c2nccnc21. The van der Waals surface area contributed by atoms with Gasteiger partial charge in [-0.3, -0.25) is 9.97 Å². The number of H-pyrrole nitrogens is 1. The van der Waals surface area contributed by atoms with E-state index in [1.54, 1.807) is 24.8 Å². The van der Waals surface area contributed by atoms with Gasteiger partial charge in [0.05, 0.1) is 0 Å². The lowest BCUT2D eigenvalue weighted by Gasteiger charge is -1.96. The van der Waals surface area contributed by atoms with Crippen LogP contribution < -0.4 is 0 Å². The molecule has 7 nitrogen and oxygen atoms in total. The summed E-state index contributed by atoms with van der Waals surface area (Å²) >= 11 is 4.31. The lowest BCUT2D eigenvalue weighted by atomic mass is 10.3. The first-order chi connectivity index (χ1) is 10.2. The fourth-order valence-electron chi connectivity index (χ4n) is 2.01. The van der Waals surface area contributed by atoms with Crippen LogP contribution in [0.1, 0.15) is 11.4 Å². The first-order valence-electron chi connectivity index (χ1n) is 5.87. The first kappa shape index (κ1) is 13.2. The molecule has 1 aliphatic heterocycles. The molecule has 0 aromatic carbocycles. The Balaban J connectivity index is 1.93. The molecule has 0 amide bonds. The lowest BCUT2D eigenvalue weighted by molar-refractivity contribution is 1.17. The van der Waals surface area contributed by atoms with Crippen LogP contribution in [0.2, 0.25) is 0 Å². The van der Waals surface area contributed by atoms with E-state index in [0.29, 0.717) is 17.3 Å². The summed E-state index contributed by atoms with van der Waals surface area (Å²) in [4.78, 5) is 29.4. The molecule has 21 heavy (non-hydrogen) atoms. The fraction of sp³-hybridized carbons (Fsp3) is 0. The van der Waals surface area contributed by atoms with Crippen LogP contribution in [0.5, 0.6) is 0 Å². The molecule has 0 saturated heterocycles. The number of nitrogens with zero attached hydrogens (tertiary/aromatic N) is 6. The van der Waals surface area contributed by atoms with Crippen molar-refractivity contribution in [2.45, 2.75) is 0 Å². The van der Waals surface area contributed by atoms with E-state index in [0.717, 1.165) is 24.1 Å². The first-order valence-corrected chi connectivity index (χ1v) is 8.02. The van der Waals surface area contributed by atoms with Gasteiger partial charge in [0.2, 0.25) is 0 Å². The van der Waals surface area contributed by atoms with E-state index < -0.39 is 0 Å². The highest BCUT2D eigenvalue weighted by atomic mass is 127. The maximum Gasteiger partial charge on any atom is 0.183 e. The molecule has 0 atom stereocenters. The second-order valence-corrected chi connectivity index (χ2v) is 6.23. The molecular weight excluding hydrogens is 496 g/mol. The van der Waals surface area contributed by atoms with Gasteiger partial charge in [-0.25, -0.2) is 20.0 Å². The summed E-state index contributed by atoms with van der Waals surface area (Å²) in [6, 6.07) is 0. The molecule has 4 rings (SSSR count). The normalized spacial score (nSPS) is 15.5. The summed E-state index contributed by atoms with van der Waals surface area (Å²) in [6.07, 6.45) is 6.59. The van der Waals surface area contributed by atoms with E-state index in [1.165, 1.54) is 0 Å². The highest BCUT2D eigenvalue weighted by molar-refractivity contribution is 14.1. The topological polar surface area (TPSA) is 92.1 Å². The van der Waals surface area contributed by atoms with Crippen molar-refractivity contribution in [3.05, 3.63) is 39.9 Å². The van der Waals surface area contributed by atoms with E-state index in [-0.39, 0.29) is 0 Å². The van der Waals surface area contributed by atoms with E-state index >= 15 is 0 Å². The molecule has 102 valence electrons. The molecular formula is C12H5I2N7. The molecule has 4 heterocycles. The molecule has 0 radical (unpaired) electrons. The molecule has 0 aliphatic carbocycles. The zero-order valence-corrected chi connectivity index (χ0v) is 14.6. The van der Waals surface area contributed by atoms with Crippen molar-refractivity contribution in [1.82, 2.24) is 24.9 Å². The third kappa shape index (κ3) is 2.14. The van der Waals surface area contributed by atoms with Gasteiger partial charge >= 0.3 is 0 Å². The van der Waals surface area contributed by atoms with Gasteiger partial charge in [0, 0.05) is 24.8 Å². The van der Waals surface area contributed by atoms with Gasteiger partial charge in [-0.15, -0.1) is 0 Å². The summed E-state index contributed by atoms with van der Waals surface area (Å²) in [5.41, 5.74) is 2.96. The lowest BCUT2D eigenvalue weighted by Crippen LogP contribution is -2.00. The van der Waals surface area contributed by atoms with E-state index in [2.05, 4.69) is 80.1 Å². The van der Waals surface area contributed by atoms with Gasteiger partial charge < -0.3 is 4.98 Å². The number of hydrogen-bond donors (Lipinski definition) is 1.